The molecule has 0 aliphatic heterocycles. The van der Waals surface area contributed by atoms with Crippen LogP contribution in [0, 0.1) is 18.2 Å². The number of fused-ring (bicyclic) bond motifs is 3. The Morgan fingerprint density at radius 1 is 1.04 bits per heavy atom. The molecule has 0 amide bonds. The summed E-state index contributed by atoms with van der Waals surface area (Å²) in [6.07, 6.45) is 14.7. The van der Waals surface area contributed by atoms with Gasteiger partial charge in [-0.05, 0) is 35.9 Å². The van der Waals surface area contributed by atoms with Gasteiger partial charge in [-0.15, -0.1) is 6.42 Å². The first-order valence-electron chi connectivity index (χ1n) is 7.92. The van der Waals surface area contributed by atoms with Crippen LogP contribution in [0.2, 0.25) is 0 Å². The molecule has 0 fully saturated rings. The number of allylic oxidation sites excluding steroid dienone is 6. The maximum atomic E-state index is 14.3. The van der Waals surface area contributed by atoms with E-state index >= 15 is 0 Å². The third-order valence-corrected chi connectivity index (χ3v) is 4.15. The van der Waals surface area contributed by atoms with E-state index in [4.69, 9.17) is 10.8 Å². The van der Waals surface area contributed by atoms with Gasteiger partial charge < -0.3 is 4.42 Å². The van der Waals surface area contributed by atoms with E-state index < -0.39 is 0 Å². The molecular weight excluding hydrogens is 313 g/mol. The standard InChI is InChI=1S/C22H14FNO/c1-2-7-15-8-3-4-11-18(15)24-14-16-9-5-12-19-21(16)22-17(23)10-6-13-20(22)25-19/h1,3-13H,14H2/b15-7-,24-18?. The third-order valence-electron chi connectivity index (χ3n) is 4.15. The van der Waals surface area contributed by atoms with Gasteiger partial charge in [0.15, 0.2) is 0 Å². The van der Waals surface area contributed by atoms with E-state index in [0.717, 1.165) is 22.2 Å². The highest BCUT2D eigenvalue weighted by molar-refractivity contribution is 6.12. The molecule has 4 rings (SSSR count). The lowest BCUT2D eigenvalue weighted by Gasteiger charge is -2.06. The summed E-state index contributed by atoms with van der Waals surface area (Å²) in [5, 5.41) is 1.28. The van der Waals surface area contributed by atoms with E-state index in [1.165, 1.54) is 6.07 Å². The van der Waals surface area contributed by atoms with Crippen LogP contribution in [0.5, 0.6) is 0 Å². The number of terminal acetylenes is 1. The van der Waals surface area contributed by atoms with Gasteiger partial charge >= 0.3 is 0 Å². The van der Waals surface area contributed by atoms with E-state index in [1.807, 2.05) is 42.5 Å². The maximum Gasteiger partial charge on any atom is 0.138 e. The number of rotatable bonds is 2. The van der Waals surface area contributed by atoms with Gasteiger partial charge in [0.1, 0.15) is 17.0 Å². The Bertz CT molecular complexity index is 1140. The first kappa shape index (κ1) is 15.2. The van der Waals surface area contributed by atoms with Crippen molar-refractivity contribution in [1.29, 1.82) is 0 Å². The first-order chi connectivity index (χ1) is 12.3. The molecule has 0 saturated carbocycles. The predicted molar refractivity (Wildman–Crippen MR) is 100 cm³/mol. The normalized spacial score (nSPS) is 17.0. The zero-order chi connectivity index (χ0) is 17.2. The molecule has 0 bridgehead atoms. The molecule has 0 atom stereocenters. The van der Waals surface area contributed by atoms with Gasteiger partial charge in [-0.2, -0.15) is 0 Å². The molecule has 1 heterocycles. The van der Waals surface area contributed by atoms with Crippen LogP contribution in [0.1, 0.15) is 5.56 Å². The molecule has 3 heteroatoms. The number of nitrogens with zero attached hydrogens (tertiary/aromatic N) is 1. The molecule has 2 nitrogen and oxygen atoms in total. The molecule has 1 aliphatic carbocycles. The van der Waals surface area contributed by atoms with Gasteiger partial charge in [-0.3, -0.25) is 4.99 Å². The summed E-state index contributed by atoms with van der Waals surface area (Å²) in [4.78, 5) is 4.67. The molecule has 0 spiro atoms. The lowest BCUT2D eigenvalue weighted by atomic mass is 10.0. The monoisotopic (exact) mass is 327 g/mol. The molecule has 1 aromatic heterocycles. The summed E-state index contributed by atoms with van der Waals surface area (Å²) in [5.41, 5.74) is 3.82. The molecule has 0 unspecified atom stereocenters. The first-order valence-corrected chi connectivity index (χ1v) is 7.92. The van der Waals surface area contributed by atoms with Crippen molar-refractivity contribution in [2.24, 2.45) is 4.99 Å². The van der Waals surface area contributed by atoms with Crippen LogP contribution in [0.25, 0.3) is 21.9 Å². The molecular formula is C22H14FNO. The van der Waals surface area contributed by atoms with E-state index in [-0.39, 0.29) is 5.82 Å². The van der Waals surface area contributed by atoms with Gasteiger partial charge in [0.25, 0.3) is 0 Å². The topological polar surface area (TPSA) is 25.5 Å². The smallest absolute Gasteiger partial charge is 0.138 e. The van der Waals surface area contributed by atoms with Crippen LogP contribution in [0.4, 0.5) is 4.39 Å². The minimum Gasteiger partial charge on any atom is -0.456 e. The van der Waals surface area contributed by atoms with Crippen molar-refractivity contribution in [2.45, 2.75) is 6.54 Å². The Morgan fingerprint density at radius 2 is 1.80 bits per heavy atom. The molecule has 2 aromatic carbocycles. The van der Waals surface area contributed by atoms with Gasteiger partial charge in [0.2, 0.25) is 0 Å². The summed E-state index contributed by atoms with van der Waals surface area (Å²) in [6.45, 7) is 0.412. The van der Waals surface area contributed by atoms with Crippen molar-refractivity contribution in [3.05, 3.63) is 83.7 Å². The summed E-state index contributed by atoms with van der Waals surface area (Å²) in [6, 6.07) is 10.6. The molecule has 0 saturated heterocycles. The number of halogens is 1. The van der Waals surface area contributed by atoms with Crippen molar-refractivity contribution in [3.63, 3.8) is 0 Å². The Labute approximate surface area is 144 Å². The van der Waals surface area contributed by atoms with Gasteiger partial charge in [0.05, 0.1) is 17.6 Å². The highest BCUT2D eigenvalue weighted by Crippen LogP contribution is 2.33. The third kappa shape index (κ3) is 2.68. The lowest BCUT2D eigenvalue weighted by Crippen LogP contribution is -2.01. The van der Waals surface area contributed by atoms with E-state index in [1.54, 1.807) is 18.2 Å². The highest BCUT2D eigenvalue weighted by Gasteiger charge is 2.14. The molecule has 25 heavy (non-hydrogen) atoms. The van der Waals surface area contributed by atoms with Gasteiger partial charge in [0, 0.05) is 11.0 Å². The van der Waals surface area contributed by atoms with E-state index in [9.17, 15) is 4.39 Å². The largest absolute Gasteiger partial charge is 0.456 e. The van der Waals surface area contributed by atoms with Crippen LogP contribution in [0.3, 0.4) is 0 Å². The number of furan rings is 1. The summed E-state index contributed by atoms with van der Waals surface area (Å²) in [7, 11) is 0. The van der Waals surface area contributed by atoms with Crippen molar-refractivity contribution < 1.29 is 8.81 Å². The summed E-state index contributed by atoms with van der Waals surface area (Å²) >= 11 is 0. The van der Waals surface area contributed by atoms with Crippen LogP contribution >= 0.6 is 0 Å². The SMILES string of the molecule is C#C/C=C1/C=CC=CC1=NCc1cccc2oc3cccc(F)c3c12. The molecule has 0 N–H and O–H groups in total. The van der Waals surface area contributed by atoms with E-state index in [2.05, 4.69) is 10.9 Å². The lowest BCUT2D eigenvalue weighted by molar-refractivity contribution is 0.634. The van der Waals surface area contributed by atoms with E-state index in [0.29, 0.717) is 23.1 Å². The Hall–Kier alpha value is -3.38. The predicted octanol–water partition coefficient (Wildman–Crippen LogP) is 5.35. The average Bonchev–Trinajstić information content (AvgIpc) is 3.01. The Morgan fingerprint density at radius 3 is 2.64 bits per heavy atom. The fourth-order valence-electron chi connectivity index (χ4n) is 3.04. The van der Waals surface area contributed by atoms with Gasteiger partial charge in [-0.1, -0.05) is 42.3 Å². The minimum atomic E-state index is -0.287. The van der Waals surface area contributed by atoms with Crippen LogP contribution in [0.15, 0.2) is 81.8 Å². The van der Waals surface area contributed by atoms with Crippen molar-refractivity contribution in [2.75, 3.05) is 0 Å². The zero-order valence-electron chi connectivity index (χ0n) is 13.4. The van der Waals surface area contributed by atoms with Crippen molar-refractivity contribution >= 4 is 27.7 Å². The van der Waals surface area contributed by atoms with Crippen LogP contribution in [-0.2, 0) is 6.54 Å². The maximum absolute atomic E-state index is 14.3. The average molecular weight is 327 g/mol. The number of aliphatic imine (C=N–C) groups is 1. The number of hydrogen-bond acceptors (Lipinski definition) is 2. The highest BCUT2D eigenvalue weighted by atomic mass is 19.1. The fourth-order valence-corrected chi connectivity index (χ4v) is 3.04. The van der Waals surface area contributed by atoms with Crippen molar-refractivity contribution in [3.8, 4) is 12.3 Å². The van der Waals surface area contributed by atoms with Crippen LogP contribution in [-0.4, -0.2) is 5.71 Å². The molecule has 120 valence electrons. The Balaban J connectivity index is 1.83. The summed E-state index contributed by atoms with van der Waals surface area (Å²) in [5.74, 6) is 2.24. The van der Waals surface area contributed by atoms with Crippen molar-refractivity contribution in [1.82, 2.24) is 0 Å². The fraction of sp³-hybridized carbons (Fsp3) is 0.0455. The second-order valence-corrected chi connectivity index (χ2v) is 5.69. The molecule has 1 aliphatic rings. The number of benzene rings is 2. The second-order valence-electron chi connectivity index (χ2n) is 5.69. The van der Waals surface area contributed by atoms with Gasteiger partial charge in [-0.25, -0.2) is 4.39 Å². The Kier molecular flexibility index (Phi) is 3.80. The quantitative estimate of drug-likeness (QED) is 0.582. The molecule has 0 radical (unpaired) electrons. The number of hydrogen-bond donors (Lipinski definition) is 0. The zero-order valence-corrected chi connectivity index (χ0v) is 13.4. The molecule has 3 aromatic rings. The summed E-state index contributed by atoms with van der Waals surface area (Å²) < 4.78 is 20.1. The second kappa shape index (κ2) is 6.26. The minimum absolute atomic E-state index is 0.287. The van der Waals surface area contributed by atoms with Crippen LogP contribution < -0.4 is 0 Å².